The Labute approximate surface area is 191 Å². The Morgan fingerprint density at radius 3 is 2.36 bits per heavy atom. The van der Waals surface area contributed by atoms with Gasteiger partial charge in [0.25, 0.3) is 0 Å². The highest BCUT2D eigenvalue weighted by Crippen LogP contribution is 2.42. The van der Waals surface area contributed by atoms with Gasteiger partial charge in [0, 0.05) is 5.56 Å². The largest absolute Gasteiger partial charge is 0.494 e. The van der Waals surface area contributed by atoms with Crippen LogP contribution >= 0.6 is 0 Å². The van der Waals surface area contributed by atoms with Crippen molar-refractivity contribution >= 4 is 0 Å². The Bertz CT molecular complexity index is 875. The maximum Gasteiger partial charge on any atom is 0.422 e. The Hall–Kier alpha value is -2.32. The molecule has 182 valence electrons. The van der Waals surface area contributed by atoms with Gasteiger partial charge in [-0.25, -0.2) is 4.39 Å². The second-order valence-corrected chi connectivity index (χ2v) is 7.95. The van der Waals surface area contributed by atoms with Gasteiger partial charge < -0.3 is 18.9 Å². The fourth-order valence-electron chi connectivity index (χ4n) is 3.70. The molecule has 2 aromatic carbocycles. The van der Waals surface area contributed by atoms with E-state index in [1.165, 1.54) is 12.1 Å². The highest BCUT2D eigenvalue weighted by atomic mass is 19.4. The number of hydrogen-bond donors (Lipinski definition) is 0. The highest BCUT2D eigenvalue weighted by Gasteiger charge is 2.40. The summed E-state index contributed by atoms with van der Waals surface area (Å²) in [4.78, 5) is 0. The van der Waals surface area contributed by atoms with E-state index in [-0.39, 0.29) is 24.9 Å². The third-order valence-corrected chi connectivity index (χ3v) is 5.47. The zero-order valence-electron chi connectivity index (χ0n) is 18.9. The van der Waals surface area contributed by atoms with Crippen molar-refractivity contribution in [1.29, 1.82) is 0 Å². The van der Waals surface area contributed by atoms with Gasteiger partial charge in [-0.05, 0) is 56.0 Å². The lowest BCUT2D eigenvalue weighted by atomic mass is 9.97. The van der Waals surface area contributed by atoms with Crippen molar-refractivity contribution in [3.8, 4) is 11.5 Å². The van der Waals surface area contributed by atoms with E-state index in [1.54, 1.807) is 0 Å². The Morgan fingerprint density at radius 2 is 1.76 bits per heavy atom. The van der Waals surface area contributed by atoms with Crippen LogP contribution in [-0.4, -0.2) is 25.9 Å². The van der Waals surface area contributed by atoms with E-state index in [0.717, 1.165) is 17.7 Å². The van der Waals surface area contributed by atoms with E-state index < -0.39 is 29.4 Å². The molecule has 1 aliphatic heterocycles. The molecule has 3 rings (SSSR count). The molecule has 0 saturated carbocycles. The van der Waals surface area contributed by atoms with Gasteiger partial charge in [0.2, 0.25) is 0 Å². The molecule has 1 heterocycles. The first-order valence-electron chi connectivity index (χ1n) is 11.3. The monoisotopic (exact) mass is 470 g/mol. The summed E-state index contributed by atoms with van der Waals surface area (Å²) in [5.41, 5.74) is -0.496. The molecule has 1 saturated heterocycles. The van der Waals surface area contributed by atoms with Crippen LogP contribution in [0.25, 0.3) is 0 Å². The van der Waals surface area contributed by atoms with Crippen molar-refractivity contribution in [3.05, 3.63) is 58.9 Å². The number of alkyl halides is 3. The van der Waals surface area contributed by atoms with Crippen LogP contribution in [0.3, 0.4) is 0 Å². The summed E-state index contributed by atoms with van der Waals surface area (Å²) < 4.78 is 77.9. The summed E-state index contributed by atoms with van der Waals surface area (Å²) in [6, 6.07) is 10.1. The van der Waals surface area contributed by atoms with Crippen molar-refractivity contribution < 1.29 is 36.5 Å². The van der Waals surface area contributed by atoms with Crippen LogP contribution in [0.1, 0.15) is 62.3 Å². The van der Waals surface area contributed by atoms with Crippen LogP contribution < -0.4 is 9.47 Å². The average Bonchev–Trinajstić information content (AvgIpc) is 2.79. The molecule has 1 fully saturated rings. The van der Waals surface area contributed by atoms with Gasteiger partial charge in [0.05, 0.1) is 38.6 Å². The van der Waals surface area contributed by atoms with Crippen LogP contribution in [0.15, 0.2) is 36.4 Å². The molecule has 0 amide bonds. The van der Waals surface area contributed by atoms with E-state index in [1.807, 2.05) is 38.1 Å². The standard InChI is InChI=1S/C25H30F4O4/c1-3-5-14-31-22-13-11-20(24(26)23(22)25(27,28)29)21-12-10-19(16-33-21)32-15-17-6-8-18(9-7-17)30-4-2/h6-9,11,13,19,21H,3-5,10,12,14-16H2,1-2H3. The van der Waals surface area contributed by atoms with Crippen LogP contribution in [-0.2, 0) is 22.3 Å². The molecule has 0 aromatic heterocycles. The third kappa shape index (κ3) is 6.84. The van der Waals surface area contributed by atoms with Crippen LogP contribution in [0, 0.1) is 5.82 Å². The first-order valence-corrected chi connectivity index (χ1v) is 11.3. The predicted octanol–water partition coefficient (Wildman–Crippen LogP) is 6.86. The third-order valence-electron chi connectivity index (χ3n) is 5.47. The van der Waals surface area contributed by atoms with Crippen LogP contribution in [0.2, 0.25) is 0 Å². The Morgan fingerprint density at radius 1 is 1.00 bits per heavy atom. The smallest absolute Gasteiger partial charge is 0.422 e. The van der Waals surface area contributed by atoms with Crippen molar-refractivity contribution in [3.63, 3.8) is 0 Å². The number of ether oxygens (including phenoxy) is 4. The molecule has 2 aromatic rings. The van der Waals surface area contributed by atoms with Crippen LogP contribution in [0.5, 0.6) is 11.5 Å². The molecule has 0 spiro atoms. The normalized spacial score (nSPS) is 18.8. The van der Waals surface area contributed by atoms with E-state index in [4.69, 9.17) is 18.9 Å². The first-order chi connectivity index (χ1) is 15.8. The Balaban J connectivity index is 1.60. The average molecular weight is 471 g/mol. The van der Waals surface area contributed by atoms with Gasteiger partial charge in [-0.3, -0.25) is 0 Å². The lowest BCUT2D eigenvalue weighted by molar-refractivity contribution is -0.141. The van der Waals surface area contributed by atoms with Gasteiger partial charge in [0.1, 0.15) is 22.9 Å². The van der Waals surface area contributed by atoms with Crippen molar-refractivity contribution in [2.75, 3.05) is 19.8 Å². The lowest BCUT2D eigenvalue weighted by Crippen LogP contribution is -2.28. The molecule has 0 aliphatic carbocycles. The van der Waals surface area contributed by atoms with Gasteiger partial charge in [-0.2, -0.15) is 13.2 Å². The van der Waals surface area contributed by atoms with Crippen molar-refractivity contribution in [2.45, 2.75) is 64.5 Å². The second kappa shape index (κ2) is 11.7. The number of hydrogen-bond acceptors (Lipinski definition) is 4. The van der Waals surface area contributed by atoms with E-state index in [9.17, 15) is 17.6 Å². The van der Waals surface area contributed by atoms with Crippen molar-refractivity contribution in [2.24, 2.45) is 0 Å². The lowest BCUT2D eigenvalue weighted by Gasteiger charge is -2.30. The van der Waals surface area contributed by atoms with E-state index >= 15 is 0 Å². The minimum atomic E-state index is -4.86. The summed E-state index contributed by atoms with van der Waals surface area (Å²) in [6.45, 7) is 5.06. The zero-order valence-corrected chi connectivity index (χ0v) is 18.9. The zero-order chi connectivity index (χ0) is 23.8. The summed E-state index contributed by atoms with van der Waals surface area (Å²) in [7, 11) is 0. The van der Waals surface area contributed by atoms with Crippen LogP contribution in [0.4, 0.5) is 17.6 Å². The Kier molecular flexibility index (Phi) is 8.97. The number of unbranched alkanes of at least 4 members (excludes halogenated alkanes) is 1. The molecule has 0 radical (unpaired) electrons. The minimum absolute atomic E-state index is 0.102. The fraction of sp³-hybridized carbons (Fsp3) is 0.520. The molecular formula is C25H30F4O4. The first kappa shape index (κ1) is 25.3. The fourth-order valence-corrected chi connectivity index (χ4v) is 3.70. The summed E-state index contributed by atoms with van der Waals surface area (Å²) in [5, 5.41) is 0. The van der Waals surface area contributed by atoms with Gasteiger partial charge in [-0.1, -0.05) is 25.5 Å². The second-order valence-electron chi connectivity index (χ2n) is 7.95. The maximum absolute atomic E-state index is 15.0. The van der Waals surface area contributed by atoms with E-state index in [2.05, 4.69) is 0 Å². The quantitative estimate of drug-likeness (QED) is 0.281. The molecule has 1 aliphatic rings. The summed E-state index contributed by atoms with van der Waals surface area (Å²) >= 11 is 0. The molecule has 2 unspecified atom stereocenters. The molecule has 4 nitrogen and oxygen atoms in total. The SMILES string of the molecule is CCCCOc1ccc(C2CCC(OCc3ccc(OCC)cc3)CO2)c(F)c1C(F)(F)F. The van der Waals surface area contributed by atoms with E-state index in [0.29, 0.717) is 32.5 Å². The topological polar surface area (TPSA) is 36.9 Å². The highest BCUT2D eigenvalue weighted by molar-refractivity contribution is 5.42. The molecular weight excluding hydrogens is 440 g/mol. The molecule has 2 atom stereocenters. The number of rotatable bonds is 10. The maximum atomic E-state index is 15.0. The summed E-state index contributed by atoms with van der Waals surface area (Å²) in [6.07, 6.45) is -3.57. The van der Waals surface area contributed by atoms with Gasteiger partial charge in [0.15, 0.2) is 0 Å². The minimum Gasteiger partial charge on any atom is -0.494 e. The molecule has 8 heteroatoms. The molecule has 33 heavy (non-hydrogen) atoms. The number of halogens is 4. The predicted molar refractivity (Wildman–Crippen MR) is 116 cm³/mol. The van der Waals surface area contributed by atoms with Gasteiger partial charge >= 0.3 is 6.18 Å². The number of benzene rings is 2. The molecule has 0 N–H and O–H groups in total. The summed E-state index contributed by atoms with van der Waals surface area (Å²) in [5.74, 6) is -1.02. The molecule has 0 bridgehead atoms. The van der Waals surface area contributed by atoms with Gasteiger partial charge in [-0.15, -0.1) is 0 Å². The van der Waals surface area contributed by atoms with Crippen molar-refractivity contribution in [1.82, 2.24) is 0 Å².